The summed E-state index contributed by atoms with van der Waals surface area (Å²) in [6.07, 6.45) is 5.10. The number of hydrogen-bond acceptors (Lipinski definition) is 5. The van der Waals surface area contributed by atoms with E-state index in [-0.39, 0.29) is 11.5 Å². The lowest BCUT2D eigenvalue weighted by Gasteiger charge is -2.47. The van der Waals surface area contributed by atoms with Gasteiger partial charge in [-0.25, -0.2) is 4.98 Å². The monoisotopic (exact) mass is 420 g/mol. The van der Waals surface area contributed by atoms with Gasteiger partial charge >= 0.3 is 0 Å². The average molecular weight is 421 g/mol. The molecule has 2 saturated heterocycles. The molecule has 0 radical (unpaired) electrons. The van der Waals surface area contributed by atoms with Gasteiger partial charge in [0.2, 0.25) is 0 Å². The second-order valence-corrected chi connectivity index (χ2v) is 8.51. The van der Waals surface area contributed by atoms with Crippen LogP contribution in [0.4, 0.5) is 0 Å². The lowest BCUT2D eigenvalue weighted by atomic mass is 9.89. The Labute approximate surface area is 182 Å². The van der Waals surface area contributed by atoms with Gasteiger partial charge in [-0.3, -0.25) is 9.69 Å². The van der Waals surface area contributed by atoms with Crippen molar-refractivity contribution in [2.75, 3.05) is 32.8 Å². The van der Waals surface area contributed by atoms with Crippen LogP contribution in [0.3, 0.4) is 0 Å². The molecule has 5 rings (SSSR count). The first-order chi connectivity index (χ1) is 15.1. The van der Waals surface area contributed by atoms with E-state index >= 15 is 0 Å². The van der Waals surface area contributed by atoms with Gasteiger partial charge in [-0.1, -0.05) is 30.3 Å². The number of carbonyl (C=O) groups is 1. The Morgan fingerprint density at radius 1 is 1.10 bits per heavy atom. The Balaban J connectivity index is 1.23. The highest BCUT2D eigenvalue weighted by atomic mass is 16.5. The molecule has 7 nitrogen and oxygen atoms in total. The Kier molecular flexibility index (Phi) is 5.38. The highest BCUT2D eigenvalue weighted by molar-refractivity contribution is 5.93. The van der Waals surface area contributed by atoms with Gasteiger partial charge < -0.3 is 18.6 Å². The van der Waals surface area contributed by atoms with Gasteiger partial charge in [-0.15, -0.1) is 0 Å². The van der Waals surface area contributed by atoms with E-state index in [0.717, 1.165) is 56.2 Å². The van der Waals surface area contributed by atoms with Gasteiger partial charge in [-0.05, 0) is 25.0 Å². The third-order valence-corrected chi connectivity index (χ3v) is 6.49. The van der Waals surface area contributed by atoms with Crippen molar-refractivity contribution in [1.82, 2.24) is 19.4 Å². The van der Waals surface area contributed by atoms with Crippen LogP contribution in [0.5, 0.6) is 0 Å². The SMILES string of the molecule is Cn1c(C(=O)N2CCC3(CC2)CN(Cc2ccco2)CCO3)cnc1-c1ccccc1. The van der Waals surface area contributed by atoms with Crippen LogP contribution in [-0.2, 0) is 18.3 Å². The summed E-state index contributed by atoms with van der Waals surface area (Å²) in [7, 11) is 1.91. The van der Waals surface area contributed by atoms with Crippen LogP contribution in [0.25, 0.3) is 11.4 Å². The van der Waals surface area contributed by atoms with E-state index in [1.165, 1.54) is 0 Å². The summed E-state index contributed by atoms with van der Waals surface area (Å²) in [4.78, 5) is 22.1. The number of aromatic nitrogens is 2. The highest BCUT2D eigenvalue weighted by Crippen LogP contribution is 2.31. The van der Waals surface area contributed by atoms with E-state index in [0.29, 0.717) is 18.8 Å². The first kappa shape index (κ1) is 20.0. The van der Waals surface area contributed by atoms with E-state index in [1.807, 2.05) is 59.0 Å². The normalized spacial score (nSPS) is 19.1. The zero-order valence-electron chi connectivity index (χ0n) is 17.9. The van der Waals surface area contributed by atoms with Gasteiger partial charge in [0.05, 0.1) is 31.2 Å². The molecule has 2 fully saturated rings. The van der Waals surface area contributed by atoms with E-state index in [1.54, 1.807) is 12.5 Å². The summed E-state index contributed by atoms with van der Waals surface area (Å²) >= 11 is 0. The summed E-state index contributed by atoms with van der Waals surface area (Å²) < 4.78 is 13.7. The van der Waals surface area contributed by atoms with Crippen LogP contribution in [-0.4, -0.2) is 63.6 Å². The van der Waals surface area contributed by atoms with Crippen molar-refractivity contribution in [2.45, 2.75) is 25.0 Å². The van der Waals surface area contributed by atoms with Gasteiger partial charge in [0.25, 0.3) is 5.91 Å². The van der Waals surface area contributed by atoms with E-state index in [2.05, 4.69) is 9.88 Å². The molecule has 31 heavy (non-hydrogen) atoms. The molecule has 0 atom stereocenters. The lowest BCUT2D eigenvalue weighted by molar-refractivity contribution is -0.135. The van der Waals surface area contributed by atoms with E-state index in [9.17, 15) is 4.79 Å². The molecule has 1 aromatic carbocycles. The number of piperidine rings is 1. The van der Waals surface area contributed by atoms with Crippen LogP contribution < -0.4 is 0 Å². The minimum absolute atomic E-state index is 0.0373. The minimum Gasteiger partial charge on any atom is -0.468 e. The van der Waals surface area contributed by atoms with Crippen molar-refractivity contribution in [3.05, 3.63) is 66.4 Å². The van der Waals surface area contributed by atoms with Crippen LogP contribution in [0.15, 0.2) is 59.3 Å². The second kappa shape index (κ2) is 8.32. The topological polar surface area (TPSA) is 63.7 Å². The average Bonchev–Trinajstić information content (AvgIpc) is 3.44. The third kappa shape index (κ3) is 4.03. The zero-order chi connectivity index (χ0) is 21.3. The van der Waals surface area contributed by atoms with Gasteiger partial charge in [0.1, 0.15) is 17.3 Å². The molecule has 162 valence electrons. The number of carbonyl (C=O) groups excluding carboxylic acids is 1. The summed E-state index contributed by atoms with van der Waals surface area (Å²) in [6, 6.07) is 13.9. The molecule has 7 heteroatoms. The van der Waals surface area contributed by atoms with Gasteiger partial charge in [0, 0.05) is 38.8 Å². The molecule has 1 spiro atoms. The molecule has 2 aromatic heterocycles. The van der Waals surface area contributed by atoms with Crippen LogP contribution in [0.1, 0.15) is 29.1 Å². The predicted octanol–water partition coefficient (Wildman–Crippen LogP) is 3.19. The molecule has 0 aliphatic carbocycles. The third-order valence-electron chi connectivity index (χ3n) is 6.49. The number of morpholine rings is 1. The molecule has 1 amide bonds. The Morgan fingerprint density at radius 3 is 2.65 bits per heavy atom. The van der Waals surface area contributed by atoms with Crippen molar-refractivity contribution < 1.29 is 13.9 Å². The Bertz CT molecular complexity index is 1020. The number of benzene rings is 1. The fourth-order valence-corrected chi connectivity index (χ4v) is 4.73. The fraction of sp³-hybridized carbons (Fsp3) is 0.417. The minimum atomic E-state index is -0.177. The maximum Gasteiger partial charge on any atom is 0.272 e. The molecule has 2 aliphatic heterocycles. The first-order valence-electron chi connectivity index (χ1n) is 10.9. The van der Waals surface area contributed by atoms with Crippen LogP contribution >= 0.6 is 0 Å². The maximum atomic E-state index is 13.2. The Hall–Kier alpha value is -2.90. The number of ether oxygens (including phenoxy) is 1. The van der Waals surface area contributed by atoms with E-state index in [4.69, 9.17) is 9.15 Å². The van der Waals surface area contributed by atoms with E-state index < -0.39 is 0 Å². The highest BCUT2D eigenvalue weighted by Gasteiger charge is 2.41. The lowest BCUT2D eigenvalue weighted by Crippen LogP contribution is -2.57. The number of nitrogens with zero attached hydrogens (tertiary/aromatic N) is 4. The molecule has 4 heterocycles. The van der Waals surface area contributed by atoms with Crippen molar-refractivity contribution in [3.8, 4) is 11.4 Å². The summed E-state index contributed by atoms with van der Waals surface area (Å²) in [5, 5.41) is 0. The predicted molar refractivity (Wildman–Crippen MR) is 116 cm³/mol. The number of likely N-dealkylation sites (tertiary alicyclic amines) is 1. The molecule has 0 saturated carbocycles. The number of rotatable bonds is 4. The smallest absolute Gasteiger partial charge is 0.272 e. The first-order valence-corrected chi connectivity index (χ1v) is 10.9. The Morgan fingerprint density at radius 2 is 1.90 bits per heavy atom. The summed E-state index contributed by atoms with van der Waals surface area (Å²) in [5.41, 5.74) is 1.45. The van der Waals surface area contributed by atoms with Crippen molar-refractivity contribution in [3.63, 3.8) is 0 Å². The molecular weight excluding hydrogens is 392 g/mol. The largest absolute Gasteiger partial charge is 0.468 e. The fourth-order valence-electron chi connectivity index (χ4n) is 4.73. The van der Waals surface area contributed by atoms with Gasteiger partial charge in [-0.2, -0.15) is 0 Å². The molecule has 0 bridgehead atoms. The summed E-state index contributed by atoms with van der Waals surface area (Å²) in [6.45, 7) is 4.69. The molecule has 2 aliphatic rings. The maximum absolute atomic E-state index is 13.2. The number of furan rings is 1. The van der Waals surface area contributed by atoms with Crippen molar-refractivity contribution >= 4 is 5.91 Å². The zero-order valence-corrected chi connectivity index (χ0v) is 17.9. The van der Waals surface area contributed by atoms with Crippen molar-refractivity contribution in [2.24, 2.45) is 7.05 Å². The second-order valence-electron chi connectivity index (χ2n) is 8.51. The van der Waals surface area contributed by atoms with Gasteiger partial charge in [0.15, 0.2) is 0 Å². The van der Waals surface area contributed by atoms with Crippen LogP contribution in [0.2, 0.25) is 0 Å². The quantitative estimate of drug-likeness (QED) is 0.649. The number of imidazole rings is 1. The number of amides is 1. The molecular formula is C24H28N4O3. The standard InChI is InChI=1S/C24H28N4O3/c1-26-21(16-25-22(26)19-6-3-2-4-7-19)23(29)28-11-9-24(10-12-28)18-27(13-15-31-24)17-20-8-5-14-30-20/h2-8,14,16H,9-13,15,17-18H2,1H3. The van der Waals surface area contributed by atoms with Crippen LogP contribution in [0, 0.1) is 0 Å². The molecule has 0 N–H and O–H groups in total. The summed E-state index contributed by atoms with van der Waals surface area (Å²) in [5.74, 6) is 1.83. The molecule has 3 aromatic rings. The molecule has 0 unspecified atom stereocenters. The number of hydrogen-bond donors (Lipinski definition) is 0. The van der Waals surface area contributed by atoms with Crippen molar-refractivity contribution in [1.29, 1.82) is 0 Å².